The number of benzene rings is 2. The summed E-state index contributed by atoms with van der Waals surface area (Å²) >= 11 is 0. The summed E-state index contributed by atoms with van der Waals surface area (Å²) in [6, 6.07) is 17.4. The number of hydrogen-bond donors (Lipinski definition) is 1. The van der Waals surface area contributed by atoms with E-state index in [0.717, 1.165) is 10.6 Å². The molecule has 0 spiro atoms. The van der Waals surface area contributed by atoms with Crippen LogP contribution < -0.4 is 5.43 Å². The zero-order chi connectivity index (χ0) is 22.5. The maximum absolute atomic E-state index is 12.6. The maximum atomic E-state index is 12.6. The maximum Gasteiger partial charge on any atom is 0.429 e. The van der Waals surface area contributed by atoms with E-state index in [1.807, 2.05) is 36.4 Å². The molecule has 2 amide bonds. The molecule has 0 saturated heterocycles. The molecule has 2 aromatic carbocycles. The molecule has 0 heterocycles. The Hall–Kier alpha value is -3.55. The Morgan fingerprint density at radius 2 is 1.48 bits per heavy atom. The second-order valence-corrected chi connectivity index (χ2v) is 6.47. The van der Waals surface area contributed by atoms with Crippen molar-refractivity contribution in [2.75, 3.05) is 19.8 Å². The number of nitrogens with one attached hydrogen (secondary N) is 1. The average molecular weight is 428 g/mol. The Morgan fingerprint density at radius 1 is 0.871 bits per heavy atom. The van der Waals surface area contributed by atoms with Crippen molar-refractivity contribution >= 4 is 18.2 Å². The van der Waals surface area contributed by atoms with E-state index in [2.05, 4.69) is 5.43 Å². The van der Waals surface area contributed by atoms with E-state index in [9.17, 15) is 14.4 Å². The van der Waals surface area contributed by atoms with Gasteiger partial charge in [-0.3, -0.25) is 0 Å². The highest BCUT2D eigenvalue weighted by atomic mass is 16.6. The van der Waals surface area contributed by atoms with E-state index in [0.29, 0.717) is 18.4 Å². The van der Waals surface area contributed by atoms with E-state index < -0.39 is 24.2 Å². The highest BCUT2D eigenvalue weighted by Crippen LogP contribution is 2.25. The van der Waals surface area contributed by atoms with Crippen LogP contribution in [0.15, 0.2) is 60.7 Å². The summed E-state index contributed by atoms with van der Waals surface area (Å²) in [5.74, 6) is -0.413. The van der Waals surface area contributed by atoms with Crippen LogP contribution in [0.25, 0.3) is 0 Å². The van der Waals surface area contributed by atoms with Crippen LogP contribution in [0.5, 0.6) is 0 Å². The molecule has 8 heteroatoms. The molecule has 0 bridgehead atoms. The first kappa shape index (κ1) is 23.7. The molecule has 8 nitrogen and oxygen atoms in total. The van der Waals surface area contributed by atoms with Crippen molar-refractivity contribution in [3.05, 3.63) is 71.8 Å². The van der Waals surface area contributed by atoms with Crippen LogP contribution in [0.2, 0.25) is 0 Å². The SMILES string of the molecule is CCOC(=O)NN(C(=O)OCC)C(CCCOC(=O)c1ccccc1)c1ccccc1. The van der Waals surface area contributed by atoms with Crippen LogP contribution in [-0.2, 0) is 14.2 Å². The third-order valence-corrected chi connectivity index (χ3v) is 4.31. The van der Waals surface area contributed by atoms with Crippen LogP contribution >= 0.6 is 0 Å². The molecular formula is C23H28N2O6. The van der Waals surface area contributed by atoms with Gasteiger partial charge < -0.3 is 14.2 Å². The summed E-state index contributed by atoms with van der Waals surface area (Å²) in [6.45, 7) is 3.82. The summed E-state index contributed by atoms with van der Waals surface area (Å²) in [5.41, 5.74) is 3.73. The summed E-state index contributed by atoms with van der Waals surface area (Å²) in [5, 5.41) is 1.12. The van der Waals surface area contributed by atoms with Crippen molar-refractivity contribution in [2.45, 2.75) is 32.7 Å². The highest BCUT2D eigenvalue weighted by molar-refractivity contribution is 5.89. The number of esters is 1. The Balaban J connectivity index is 2.09. The van der Waals surface area contributed by atoms with Crippen molar-refractivity contribution in [3.8, 4) is 0 Å². The first-order valence-electron chi connectivity index (χ1n) is 10.2. The van der Waals surface area contributed by atoms with Crippen molar-refractivity contribution in [2.24, 2.45) is 0 Å². The lowest BCUT2D eigenvalue weighted by Crippen LogP contribution is -2.48. The molecule has 0 aliphatic rings. The third kappa shape index (κ3) is 7.65. The van der Waals surface area contributed by atoms with Gasteiger partial charge in [0.05, 0.1) is 31.4 Å². The van der Waals surface area contributed by atoms with E-state index in [1.54, 1.807) is 38.1 Å². The van der Waals surface area contributed by atoms with Crippen LogP contribution in [-0.4, -0.2) is 43.0 Å². The number of nitrogens with zero attached hydrogens (tertiary/aromatic N) is 1. The second kappa shape index (κ2) is 12.9. The zero-order valence-corrected chi connectivity index (χ0v) is 17.8. The van der Waals surface area contributed by atoms with Gasteiger partial charge in [0, 0.05) is 0 Å². The third-order valence-electron chi connectivity index (χ3n) is 4.31. The largest absolute Gasteiger partial charge is 0.462 e. The molecule has 0 aromatic heterocycles. The fraction of sp³-hybridized carbons (Fsp3) is 0.348. The topological polar surface area (TPSA) is 94.2 Å². The molecule has 1 atom stereocenters. The van der Waals surface area contributed by atoms with E-state index in [1.165, 1.54) is 0 Å². The van der Waals surface area contributed by atoms with Gasteiger partial charge in [0.25, 0.3) is 0 Å². The molecule has 0 aliphatic heterocycles. The van der Waals surface area contributed by atoms with Gasteiger partial charge in [0.15, 0.2) is 0 Å². The number of carbonyl (C=O) groups excluding carboxylic acids is 3. The molecule has 1 N–H and O–H groups in total. The Morgan fingerprint density at radius 3 is 2.10 bits per heavy atom. The Bertz CT molecular complexity index is 828. The van der Waals surface area contributed by atoms with Crippen LogP contribution in [0, 0.1) is 0 Å². The normalized spacial score (nSPS) is 11.2. The van der Waals surface area contributed by atoms with Crippen molar-refractivity contribution in [1.82, 2.24) is 10.4 Å². The Kier molecular flexibility index (Phi) is 9.87. The summed E-state index contributed by atoms with van der Waals surface area (Å²) < 4.78 is 15.4. The van der Waals surface area contributed by atoms with Gasteiger partial charge in [-0.15, -0.1) is 0 Å². The van der Waals surface area contributed by atoms with Crippen LogP contribution in [0.4, 0.5) is 9.59 Å². The summed E-state index contributed by atoms with van der Waals surface area (Å²) in [7, 11) is 0. The molecule has 31 heavy (non-hydrogen) atoms. The summed E-state index contributed by atoms with van der Waals surface area (Å²) in [4.78, 5) is 36.7. The van der Waals surface area contributed by atoms with Crippen molar-refractivity contribution in [3.63, 3.8) is 0 Å². The minimum atomic E-state index is -0.757. The first-order valence-corrected chi connectivity index (χ1v) is 10.2. The van der Waals surface area contributed by atoms with Crippen molar-refractivity contribution < 1.29 is 28.6 Å². The molecule has 0 fully saturated rings. The zero-order valence-electron chi connectivity index (χ0n) is 17.8. The van der Waals surface area contributed by atoms with E-state index >= 15 is 0 Å². The second-order valence-electron chi connectivity index (χ2n) is 6.47. The smallest absolute Gasteiger partial charge is 0.429 e. The molecule has 2 rings (SSSR count). The van der Waals surface area contributed by atoms with Gasteiger partial charge >= 0.3 is 18.2 Å². The molecule has 2 aromatic rings. The predicted molar refractivity (Wildman–Crippen MR) is 114 cm³/mol. The number of rotatable bonds is 9. The van der Waals surface area contributed by atoms with E-state index in [4.69, 9.17) is 14.2 Å². The van der Waals surface area contributed by atoms with Crippen LogP contribution in [0.3, 0.4) is 0 Å². The minimum absolute atomic E-state index is 0.149. The number of hydrogen-bond acceptors (Lipinski definition) is 6. The molecule has 1 unspecified atom stereocenters. The molecule has 0 saturated carbocycles. The first-order chi connectivity index (χ1) is 15.1. The van der Waals surface area contributed by atoms with Gasteiger partial charge in [-0.25, -0.2) is 24.8 Å². The lowest BCUT2D eigenvalue weighted by molar-refractivity contribution is 0.0424. The van der Waals surface area contributed by atoms with Gasteiger partial charge in [0.2, 0.25) is 0 Å². The number of carbonyl (C=O) groups is 3. The number of hydrazine groups is 1. The molecule has 166 valence electrons. The lowest BCUT2D eigenvalue weighted by Gasteiger charge is -2.31. The summed E-state index contributed by atoms with van der Waals surface area (Å²) in [6.07, 6.45) is -0.590. The average Bonchev–Trinajstić information content (AvgIpc) is 2.79. The van der Waals surface area contributed by atoms with Gasteiger partial charge in [-0.1, -0.05) is 48.5 Å². The molecular weight excluding hydrogens is 400 g/mol. The lowest BCUT2D eigenvalue weighted by atomic mass is 10.0. The highest BCUT2D eigenvalue weighted by Gasteiger charge is 2.28. The number of amides is 2. The van der Waals surface area contributed by atoms with Crippen molar-refractivity contribution in [1.29, 1.82) is 0 Å². The minimum Gasteiger partial charge on any atom is -0.462 e. The van der Waals surface area contributed by atoms with Crippen LogP contribution in [0.1, 0.15) is 48.7 Å². The number of ether oxygens (including phenoxy) is 3. The van der Waals surface area contributed by atoms with E-state index in [-0.39, 0.29) is 19.8 Å². The molecule has 0 radical (unpaired) electrons. The fourth-order valence-corrected chi connectivity index (χ4v) is 2.92. The predicted octanol–water partition coefficient (Wildman–Crippen LogP) is 4.48. The van der Waals surface area contributed by atoms with Gasteiger partial charge in [-0.05, 0) is 44.4 Å². The Labute approximate surface area is 182 Å². The van der Waals surface area contributed by atoms with Gasteiger partial charge in [-0.2, -0.15) is 0 Å². The fourth-order valence-electron chi connectivity index (χ4n) is 2.92. The quantitative estimate of drug-likeness (QED) is 0.274. The standard InChI is InChI=1S/C23H28N2O6/c1-3-29-22(27)24-25(23(28)30-4-2)20(18-12-7-5-8-13-18)16-11-17-31-21(26)19-14-9-6-10-15-19/h5-10,12-15,20H,3-4,11,16-17H2,1-2H3,(H,24,27). The molecule has 0 aliphatic carbocycles. The monoisotopic (exact) mass is 428 g/mol. The van der Waals surface area contributed by atoms with Gasteiger partial charge in [0.1, 0.15) is 0 Å².